The van der Waals surface area contributed by atoms with Crippen LogP contribution in [0.25, 0.3) is 21.6 Å². The highest BCUT2D eigenvalue weighted by Crippen LogP contribution is 2.33. The molecule has 5 rings (SSSR count). The third-order valence-electron chi connectivity index (χ3n) is 5.60. The Labute approximate surface area is 205 Å². The predicted octanol–water partition coefficient (Wildman–Crippen LogP) is 3.86. The van der Waals surface area contributed by atoms with Crippen LogP contribution in [0.4, 0.5) is 0 Å². The predicted molar refractivity (Wildman–Crippen MR) is 131 cm³/mol. The number of pyridine rings is 1. The van der Waals surface area contributed by atoms with Crippen molar-refractivity contribution in [3.8, 4) is 11.5 Å². The number of nitrogens with zero attached hydrogens (tertiary/aromatic N) is 5. The lowest BCUT2D eigenvalue weighted by Crippen LogP contribution is -2.50. The third-order valence-corrected chi connectivity index (χ3v) is 9.28. The van der Waals surface area contributed by atoms with Crippen molar-refractivity contribution in [1.82, 2.24) is 24.2 Å². The highest BCUT2D eigenvalue weighted by Gasteiger charge is 2.31. The number of carbonyl (C=O) groups is 1. The molecule has 1 aromatic carbocycles. The van der Waals surface area contributed by atoms with Crippen LogP contribution in [0.5, 0.6) is 0 Å². The molecule has 4 aromatic rings. The second-order valence-electron chi connectivity index (χ2n) is 7.90. The van der Waals surface area contributed by atoms with Crippen LogP contribution in [0.15, 0.2) is 59.1 Å². The normalized spacial score (nSPS) is 15.1. The van der Waals surface area contributed by atoms with Gasteiger partial charge in [0.1, 0.15) is 9.90 Å². The van der Waals surface area contributed by atoms with Crippen LogP contribution in [0, 0.1) is 6.92 Å². The van der Waals surface area contributed by atoms with Gasteiger partial charge in [0.2, 0.25) is 0 Å². The first-order chi connectivity index (χ1) is 16.3. The number of fused-ring (bicyclic) bond motifs is 1. The van der Waals surface area contributed by atoms with E-state index in [4.69, 9.17) is 11.6 Å². The van der Waals surface area contributed by atoms with Gasteiger partial charge >= 0.3 is 0 Å². The number of hydrogen-bond donors (Lipinski definition) is 0. The zero-order valence-corrected chi connectivity index (χ0v) is 20.6. The second-order valence-corrected chi connectivity index (χ2v) is 11.6. The summed E-state index contributed by atoms with van der Waals surface area (Å²) in [5.74, 6) is 0.220. The van der Waals surface area contributed by atoms with E-state index in [0.717, 1.165) is 15.8 Å². The van der Waals surface area contributed by atoms with Gasteiger partial charge in [0.05, 0.1) is 5.56 Å². The molecule has 1 aliphatic heterocycles. The Morgan fingerprint density at radius 2 is 1.76 bits per heavy atom. The lowest BCUT2D eigenvalue weighted by atomic mass is 10.2. The van der Waals surface area contributed by atoms with E-state index >= 15 is 0 Å². The van der Waals surface area contributed by atoms with Crippen molar-refractivity contribution in [2.45, 2.75) is 11.1 Å². The first-order valence-corrected chi connectivity index (χ1v) is 13.2. The van der Waals surface area contributed by atoms with Crippen LogP contribution in [-0.4, -0.2) is 64.7 Å². The van der Waals surface area contributed by atoms with Crippen LogP contribution in [0.3, 0.4) is 0 Å². The number of aryl methyl sites for hydroxylation is 1. The van der Waals surface area contributed by atoms with Crippen LogP contribution in [-0.2, 0) is 10.0 Å². The van der Waals surface area contributed by atoms with Crippen LogP contribution in [0.2, 0.25) is 5.02 Å². The molecule has 174 valence electrons. The zero-order chi connectivity index (χ0) is 23.9. The van der Waals surface area contributed by atoms with Gasteiger partial charge in [-0.05, 0) is 42.6 Å². The Morgan fingerprint density at radius 1 is 1.03 bits per heavy atom. The van der Waals surface area contributed by atoms with Crippen molar-refractivity contribution in [3.63, 3.8) is 0 Å². The van der Waals surface area contributed by atoms with E-state index in [1.54, 1.807) is 23.1 Å². The Hall–Kier alpha value is -2.92. The monoisotopic (exact) mass is 513 g/mol. The average molecular weight is 514 g/mol. The number of halogens is 1. The number of hydrogen-bond acceptors (Lipinski definition) is 7. The maximum Gasteiger partial charge on any atom is 0.257 e. The second kappa shape index (κ2) is 9.03. The van der Waals surface area contributed by atoms with Crippen LogP contribution in [0.1, 0.15) is 16.1 Å². The minimum Gasteiger partial charge on any atom is -0.336 e. The molecule has 0 aliphatic carbocycles. The molecule has 0 spiro atoms. The first-order valence-electron chi connectivity index (χ1n) is 10.6. The molecule has 0 bridgehead atoms. The molecule has 11 heteroatoms. The lowest BCUT2D eigenvalue weighted by molar-refractivity contribution is 0.0697. The Kier molecular flexibility index (Phi) is 6.07. The zero-order valence-electron chi connectivity index (χ0n) is 18.2. The topological polar surface area (TPSA) is 96.4 Å². The van der Waals surface area contributed by atoms with Crippen molar-refractivity contribution in [2.24, 2.45) is 0 Å². The molecule has 1 aliphatic rings. The number of rotatable bonds is 4. The van der Waals surface area contributed by atoms with E-state index in [2.05, 4.69) is 15.0 Å². The number of benzene rings is 1. The number of piperazine rings is 1. The largest absolute Gasteiger partial charge is 0.336 e. The Balaban J connectivity index is 1.26. The van der Waals surface area contributed by atoms with Gasteiger partial charge in [0.25, 0.3) is 15.9 Å². The lowest BCUT2D eigenvalue weighted by Gasteiger charge is -2.33. The van der Waals surface area contributed by atoms with Gasteiger partial charge in [0, 0.05) is 54.0 Å². The highest BCUT2D eigenvalue weighted by atomic mass is 35.5. The van der Waals surface area contributed by atoms with Gasteiger partial charge in [0.15, 0.2) is 5.82 Å². The van der Waals surface area contributed by atoms with Gasteiger partial charge in [-0.15, -0.1) is 11.3 Å². The van der Waals surface area contributed by atoms with E-state index in [0.29, 0.717) is 22.1 Å². The van der Waals surface area contributed by atoms with E-state index in [9.17, 15) is 13.2 Å². The Bertz CT molecular complexity index is 1480. The van der Waals surface area contributed by atoms with Gasteiger partial charge in [-0.3, -0.25) is 4.79 Å². The van der Waals surface area contributed by atoms with E-state index in [1.807, 2.05) is 31.2 Å². The molecule has 8 nitrogen and oxygen atoms in total. The summed E-state index contributed by atoms with van der Waals surface area (Å²) in [5, 5.41) is 1.41. The maximum absolute atomic E-state index is 13.2. The fourth-order valence-electron chi connectivity index (χ4n) is 3.79. The first kappa shape index (κ1) is 22.9. The third kappa shape index (κ3) is 4.41. The summed E-state index contributed by atoms with van der Waals surface area (Å²) in [4.78, 5) is 27.5. The molecule has 0 N–H and O–H groups in total. The van der Waals surface area contributed by atoms with Crippen LogP contribution < -0.4 is 0 Å². The molecule has 0 radical (unpaired) electrons. The summed E-state index contributed by atoms with van der Waals surface area (Å²) >= 11 is 7.23. The minimum absolute atomic E-state index is 0.217. The summed E-state index contributed by atoms with van der Waals surface area (Å²) in [6, 6.07) is 12.6. The van der Waals surface area contributed by atoms with Crippen molar-refractivity contribution in [1.29, 1.82) is 0 Å². The molecule has 1 fully saturated rings. The van der Waals surface area contributed by atoms with E-state index < -0.39 is 10.0 Å². The van der Waals surface area contributed by atoms with Crippen molar-refractivity contribution >= 4 is 49.0 Å². The van der Waals surface area contributed by atoms with E-state index in [-0.39, 0.29) is 36.3 Å². The number of aromatic nitrogens is 3. The molecule has 3 aromatic heterocycles. The number of amides is 1. The summed E-state index contributed by atoms with van der Waals surface area (Å²) in [6.07, 6.45) is 2.97. The van der Waals surface area contributed by atoms with Crippen molar-refractivity contribution in [3.05, 3.63) is 71.1 Å². The molecule has 4 heterocycles. The van der Waals surface area contributed by atoms with Gasteiger partial charge in [-0.25, -0.2) is 23.4 Å². The minimum atomic E-state index is -3.65. The molecule has 1 saturated heterocycles. The highest BCUT2D eigenvalue weighted by molar-refractivity contribution is 7.91. The van der Waals surface area contributed by atoms with Gasteiger partial charge in [-0.1, -0.05) is 23.7 Å². The smallest absolute Gasteiger partial charge is 0.257 e. The summed E-state index contributed by atoms with van der Waals surface area (Å²) < 4.78 is 28.8. The SMILES string of the molecule is Cc1cccc(-c2ncc(C(=O)N3CCN(S(=O)(=O)c4cc5ccc(Cl)cc5s4)CC3)cn2)n1. The molecule has 34 heavy (non-hydrogen) atoms. The summed E-state index contributed by atoms with van der Waals surface area (Å²) in [5.41, 5.74) is 1.85. The molecule has 1 amide bonds. The van der Waals surface area contributed by atoms with Gasteiger partial charge < -0.3 is 4.90 Å². The van der Waals surface area contributed by atoms with Crippen molar-refractivity contribution < 1.29 is 13.2 Å². The summed E-state index contributed by atoms with van der Waals surface area (Å²) in [6.45, 7) is 2.90. The maximum atomic E-state index is 13.2. The number of sulfonamides is 1. The standard InChI is InChI=1S/C23H20ClN5O3S2/c1-15-3-2-4-19(27-15)22-25-13-17(14-26-22)23(30)28-7-9-29(10-8-28)34(31,32)21-11-16-5-6-18(24)12-20(16)33-21/h2-6,11-14H,7-10H2,1H3. The fraction of sp³-hybridized carbons (Fsp3) is 0.217. The average Bonchev–Trinajstić information content (AvgIpc) is 3.28. The molecular formula is C23H20ClN5O3S2. The fourth-order valence-corrected chi connectivity index (χ4v) is 7.04. The van der Waals surface area contributed by atoms with E-state index in [1.165, 1.54) is 28.0 Å². The summed E-state index contributed by atoms with van der Waals surface area (Å²) in [7, 11) is -3.65. The number of carbonyl (C=O) groups excluding carboxylic acids is 1. The quantitative estimate of drug-likeness (QED) is 0.411. The van der Waals surface area contributed by atoms with Crippen molar-refractivity contribution in [2.75, 3.05) is 26.2 Å². The number of thiophene rings is 1. The molecule has 0 unspecified atom stereocenters. The van der Waals surface area contributed by atoms with Gasteiger partial charge in [-0.2, -0.15) is 4.31 Å². The Morgan fingerprint density at radius 3 is 2.47 bits per heavy atom. The molecular weight excluding hydrogens is 494 g/mol. The molecule has 0 saturated carbocycles. The van der Waals surface area contributed by atoms with Crippen LogP contribution >= 0.6 is 22.9 Å². The molecule has 0 atom stereocenters.